The van der Waals surface area contributed by atoms with E-state index in [2.05, 4.69) is 11.8 Å². The summed E-state index contributed by atoms with van der Waals surface area (Å²) in [5.41, 5.74) is 1.07. The van der Waals surface area contributed by atoms with Crippen LogP contribution in [0.1, 0.15) is 21.5 Å². The lowest BCUT2D eigenvalue weighted by Gasteiger charge is -2.12. The Kier molecular flexibility index (Phi) is 7.61. The van der Waals surface area contributed by atoms with E-state index >= 15 is 0 Å². The van der Waals surface area contributed by atoms with E-state index < -0.39 is 5.97 Å². The van der Waals surface area contributed by atoms with Crippen molar-refractivity contribution in [2.24, 2.45) is 0 Å². The topological polar surface area (TPSA) is 74.2 Å². The fourth-order valence-electron chi connectivity index (χ4n) is 2.54. The van der Waals surface area contributed by atoms with Crippen LogP contribution in [-0.2, 0) is 0 Å². The third-order valence-electron chi connectivity index (χ3n) is 3.93. The second-order valence-electron chi connectivity index (χ2n) is 6.25. The summed E-state index contributed by atoms with van der Waals surface area (Å²) in [4.78, 5) is 11.5. The van der Waals surface area contributed by atoms with E-state index in [0.29, 0.717) is 22.6 Å². The molecule has 0 spiro atoms. The average Bonchev–Trinajstić information content (AvgIpc) is 2.78. The molecule has 0 aliphatic rings. The first-order chi connectivity index (χ1) is 15.9. The van der Waals surface area contributed by atoms with Crippen molar-refractivity contribution in [2.75, 3.05) is 0 Å². The standard InChI is InChI=1S/C25H14O6S2/c1-3-16-7-5-9-19(11-16)28-24(32)30-21-13-18(23(26)27)14-22(15-21)31-25(33)29-20-10-6-8-17(4-2)12-20/h1-2,5-15H,(H,26,27). The molecule has 8 heteroatoms. The first kappa shape index (κ1) is 23.3. The summed E-state index contributed by atoms with van der Waals surface area (Å²) in [6.45, 7) is 0. The van der Waals surface area contributed by atoms with Gasteiger partial charge in [-0.05, 0) is 48.5 Å². The zero-order valence-corrected chi connectivity index (χ0v) is 18.4. The first-order valence-electron chi connectivity index (χ1n) is 9.17. The Bertz CT molecular complexity index is 1230. The lowest BCUT2D eigenvalue weighted by molar-refractivity contribution is 0.0696. The van der Waals surface area contributed by atoms with Crippen molar-refractivity contribution in [3.05, 3.63) is 83.4 Å². The van der Waals surface area contributed by atoms with Crippen LogP contribution >= 0.6 is 24.4 Å². The molecule has 0 unspecified atom stereocenters. The van der Waals surface area contributed by atoms with Gasteiger partial charge in [-0.2, -0.15) is 0 Å². The summed E-state index contributed by atoms with van der Waals surface area (Å²) in [5, 5.41) is 8.86. The van der Waals surface area contributed by atoms with Crippen molar-refractivity contribution in [3.8, 4) is 47.7 Å². The van der Waals surface area contributed by atoms with Crippen molar-refractivity contribution < 1.29 is 28.8 Å². The summed E-state index contributed by atoms with van der Waals surface area (Å²) in [6.07, 6.45) is 10.7. The Morgan fingerprint density at radius 1 is 0.697 bits per heavy atom. The molecule has 162 valence electrons. The molecule has 1 N–H and O–H groups in total. The molecule has 33 heavy (non-hydrogen) atoms. The summed E-state index contributed by atoms with van der Waals surface area (Å²) in [6, 6.07) is 17.2. The number of carboxylic acid groups (broad SMARTS) is 1. The summed E-state index contributed by atoms with van der Waals surface area (Å²) >= 11 is 10.2. The minimum Gasteiger partial charge on any atom is -0.478 e. The maximum absolute atomic E-state index is 11.5. The van der Waals surface area contributed by atoms with Crippen LogP contribution in [0.25, 0.3) is 0 Å². The molecular weight excluding hydrogens is 460 g/mol. The third-order valence-corrected chi connectivity index (χ3v) is 4.27. The van der Waals surface area contributed by atoms with E-state index in [1.54, 1.807) is 48.5 Å². The highest BCUT2D eigenvalue weighted by Crippen LogP contribution is 2.25. The quantitative estimate of drug-likeness (QED) is 0.416. The molecule has 3 aromatic carbocycles. The molecular formula is C25H14O6S2. The van der Waals surface area contributed by atoms with E-state index in [1.807, 2.05) is 0 Å². The van der Waals surface area contributed by atoms with Gasteiger partial charge in [-0.1, -0.05) is 24.0 Å². The van der Waals surface area contributed by atoms with Gasteiger partial charge in [0.1, 0.15) is 23.0 Å². The van der Waals surface area contributed by atoms with Gasteiger partial charge < -0.3 is 24.1 Å². The smallest absolute Gasteiger partial charge is 0.363 e. The Morgan fingerprint density at radius 2 is 1.12 bits per heavy atom. The Labute approximate surface area is 200 Å². The van der Waals surface area contributed by atoms with Gasteiger partial charge in [0.25, 0.3) is 0 Å². The lowest BCUT2D eigenvalue weighted by atomic mass is 10.2. The maximum Gasteiger partial charge on any atom is 0.363 e. The highest BCUT2D eigenvalue weighted by Gasteiger charge is 2.14. The number of rotatable bonds is 5. The van der Waals surface area contributed by atoms with Gasteiger partial charge in [-0.25, -0.2) is 4.79 Å². The number of aromatic carboxylic acids is 1. The van der Waals surface area contributed by atoms with Gasteiger partial charge in [-0.3, -0.25) is 0 Å². The van der Waals surface area contributed by atoms with Gasteiger partial charge in [0.15, 0.2) is 0 Å². The molecule has 0 radical (unpaired) electrons. The molecule has 3 aromatic rings. The average molecular weight is 475 g/mol. The van der Waals surface area contributed by atoms with Crippen LogP contribution < -0.4 is 18.9 Å². The van der Waals surface area contributed by atoms with E-state index in [0.717, 1.165) is 0 Å². The van der Waals surface area contributed by atoms with E-state index in [-0.39, 0.29) is 27.5 Å². The van der Waals surface area contributed by atoms with Crippen LogP contribution in [0, 0.1) is 24.7 Å². The monoisotopic (exact) mass is 474 g/mol. The molecule has 0 aliphatic carbocycles. The molecule has 0 amide bonds. The van der Waals surface area contributed by atoms with Crippen LogP contribution in [-0.4, -0.2) is 21.5 Å². The van der Waals surface area contributed by atoms with Crippen LogP contribution in [0.4, 0.5) is 0 Å². The second-order valence-corrected chi connectivity index (χ2v) is 6.92. The van der Waals surface area contributed by atoms with E-state index in [9.17, 15) is 9.90 Å². The number of carboxylic acids is 1. The van der Waals surface area contributed by atoms with Crippen LogP contribution in [0.2, 0.25) is 0 Å². The van der Waals surface area contributed by atoms with Crippen LogP contribution in [0.3, 0.4) is 0 Å². The Hall–Kier alpha value is -4.37. The third kappa shape index (κ3) is 6.81. The highest BCUT2D eigenvalue weighted by molar-refractivity contribution is 7.80. The number of hydrogen-bond donors (Lipinski definition) is 1. The predicted octanol–water partition coefficient (Wildman–Crippen LogP) is 4.83. The second kappa shape index (κ2) is 10.8. The van der Waals surface area contributed by atoms with E-state index in [1.165, 1.54) is 18.2 Å². The van der Waals surface area contributed by atoms with Gasteiger partial charge >= 0.3 is 16.4 Å². The number of carbonyl (C=O) groups is 1. The van der Waals surface area contributed by atoms with Crippen molar-refractivity contribution >= 4 is 40.9 Å². The number of benzene rings is 3. The molecule has 3 rings (SSSR count). The van der Waals surface area contributed by atoms with E-state index in [4.69, 9.17) is 56.2 Å². The molecule has 0 heterocycles. The highest BCUT2D eigenvalue weighted by atomic mass is 32.1. The van der Waals surface area contributed by atoms with Crippen LogP contribution in [0.5, 0.6) is 23.0 Å². The fraction of sp³-hybridized carbons (Fsp3) is 0. The number of hydrogen-bond acceptors (Lipinski definition) is 7. The SMILES string of the molecule is C#Cc1cccc(OC(=S)Oc2cc(OC(=S)Oc3cccc(C#C)c3)cc(C(=O)O)c2)c1. The normalized spacial score (nSPS) is 9.64. The molecule has 0 aromatic heterocycles. The Balaban J connectivity index is 1.74. The fourth-order valence-corrected chi connectivity index (χ4v) is 2.92. The molecule has 0 atom stereocenters. The molecule has 0 aliphatic heterocycles. The predicted molar refractivity (Wildman–Crippen MR) is 130 cm³/mol. The molecule has 0 saturated carbocycles. The number of thiocarbonyl (C=S) groups is 2. The van der Waals surface area contributed by atoms with Gasteiger partial charge in [0, 0.05) is 41.6 Å². The first-order valence-corrected chi connectivity index (χ1v) is 9.99. The van der Waals surface area contributed by atoms with Crippen LogP contribution in [0.15, 0.2) is 66.7 Å². The minimum absolute atomic E-state index is 0.0557. The zero-order chi connectivity index (χ0) is 23.8. The van der Waals surface area contributed by atoms with Gasteiger partial charge in [0.2, 0.25) is 0 Å². The number of ether oxygens (including phenoxy) is 4. The molecule has 0 fully saturated rings. The lowest BCUT2D eigenvalue weighted by Crippen LogP contribution is -2.16. The maximum atomic E-state index is 11.5. The summed E-state index contributed by atoms with van der Waals surface area (Å²) < 4.78 is 21.8. The molecule has 6 nitrogen and oxygen atoms in total. The summed E-state index contributed by atoms with van der Waals surface area (Å²) in [7, 11) is 0. The van der Waals surface area contributed by atoms with Crippen molar-refractivity contribution in [1.29, 1.82) is 0 Å². The van der Waals surface area contributed by atoms with Gasteiger partial charge in [-0.15, -0.1) is 12.8 Å². The van der Waals surface area contributed by atoms with Crippen molar-refractivity contribution in [2.45, 2.75) is 0 Å². The van der Waals surface area contributed by atoms with Crippen molar-refractivity contribution in [1.82, 2.24) is 0 Å². The van der Waals surface area contributed by atoms with Gasteiger partial charge in [0.05, 0.1) is 5.56 Å². The largest absolute Gasteiger partial charge is 0.478 e. The van der Waals surface area contributed by atoms with Crippen molar-refractivity contribution in [3.63, 3.8) is 0 Å². The Morgan fingerprint density at radius 3 is 1.52 bits per heavy atom. The zero-order valence-electron chi connectivity index (χ0n) is 16.8. The molecule has 0 saturated heterocycles. The molecule has 0 bridgehead atoms. The number of terminal acetylenes is 2. The summed E-state index contributed by atoms with van der Waals surface area (Å²) in [5.74, 6) is 4.59. The minimum atomic E-state index is -1.22.